The Morgan fingerprint density at radius 1 is 1.27 bits per heavy atom. The van der Waals surface area contributed by atoms with Crippen LogP contribution >= 0.6 is 0 Å². The van der Waals surface area contributed by atoms with E-state index in [2.05, 4.69) is 30.6 Å². The number of aryl methyl sites for hydroxylation is 1. The minimum atomic E-state index is -0.358. The maximum absolute atomic E-state index is 12.3. The molecule has 152 valence electrons. The van der Waals surface area contributed by atoms with Gasteiger partial charge in [-0.05, 0) is 37.8 Å². The van der Waals surface area contributed by atoms with E-state index in [1.54, 1.807) is 22.0 Å². The third-order valence-corrected chi connectivity index (χ3v) is 5.64. The molecule has 10 nitrogen and oxygen atoms in total. The van der Waals surface area contributed by atoms with E-state index in [0.29, 0.717) is 17.4 Å². The molecule has 2 fully saturated rings. The highest BCUT2D eigenvalue weighted by molar-refractivity contribution is 6.02. The molecule has 0 radical (unpaired) electrons. The lowest BCUT2D eigenvalue weighted by atomic mass is 10.1. The van der Waals surface area contributed by atoms with Crippen molar-refractivity contribution in [1.29, 1.82) is 0 Å². The molecule has 1 saturated carbocycles. The van der Waals surface area contributed by atoms with Crippen molar-refractivity contribution in [1.82, 2.24) is 29.9 Å². The van der Waals surface area contributed by atoms with E-state index in [-0.39, 0.29) is 29.5 Å². The number of nitrogens with zero attached hydrogens (tertiary/aromatic N) is 7. The molecular weight excluding hydrogens is 384 g/mol. The average molecular weight is 404 g/mol. The van der Waals surface area contributed by atoms with Crippen LogP contribution in [0.1, 0.15) is 41.1 Å². The first-order valence-electron chi connectivity index (χ1n) is 9.78. The standard InChI is InChI=1S/C20H20N8O2/c1-11-5-16(25-26-18(11)27-9-13-6-15(13)20(27)30)12(2)28-10-14(7-23-28)24-19(29)17-8-21-3-4-22-17/h3-5,7-8,10,12-13,15H,6,9H2,1-2H3,(H,24,29)/t12-,13+,15+/m0/s1. The van der Waals surface area contributed by atoms with Crippen LogP contribution in [0.3, 0.4) is 0 Å². The van der Waals surface area contributed by atoms with Gasteiger partial charge in [0.05, 0.1) is 29.8 Å². The lowest BCUT2D eigenvalue weighted by Crippen LogP contribution is -2.30. The van der Waals surface area contributed by atoms with E-state index in [4.69, 9.17) is 0 Å². The predicted molar refractivity (Wildman–Crippen MR) is 107 cm³/mol. The zero-order chi connectivity index (χ0) is 20.8. The molecule has 0 bridgehead atoms. The van der Waals surface area contributed by atoms with Crippen molar-refractivity contribution in [2.45, 2.75) is 26.3 Å². The summed E-state index contributed by atoms with van der Waals surface area (Å²) in [5.41, 5.74) is 2.40. The Hall–Kier alpha value is -3.69. The Morgan fingerprint density at radius 3 is 2.83 bits per heavy atom. The highest BCUT2D eigenvalue weighted by Crippen LogP contribution is 2.47. The molecule has 2 amide bonds. The summed E-state index contributed by atoms with van der Waals surface area (Å²) in [5.74, 6) is 1.11. The molecule has 0 spiro atoms. The van der Waals surface area contributed by atoms with Crippen molar-refractivity contribution < 1.29 is 9.59 Å². The molecule has 3 atom stereocenters. The van der Waals surface area contributed by atoms with Gasteiger partial charge in [-0.15, -0.1) is 5.10 Å². The lowest BCUT2D eigenvalue weighted by molar-refractivity contribution is -0.118. The number of hydrogen-bond donors (Lipinski definition) is 1. The number of anilines is 2. The van der Waals surface area contributed by atoms with Crippen LogP contribution in [0.25, 0.3) is 0 Å². The SMILES string of the molecule is Cc1cc([C@H](C)n2cc(NC(=O)c3cnccn3)cn2)nnc1N1C[C@H]2C[C@H]2C1=O. The van der Waals surface area contributed by atoms with Gasteiger partial charge in [0.2, 0.25) is 5.91 Å². The molecule has 3 aromatic rings. The molecule has 1 saturated heterocycles. The molecule has 1 N–H and O–H groups in total. The summed E-state index contributed by atoms with van der Waals surface area (Å²) < 4.78 is 1.70. The van der Waals surface area contributed by atoms with E-state index in [9.17, 15) is 9.59 Å². The summed E-state index contributed by atoms with van der Waals surface area (Å²) in [5, 5.41) is 15.8. The fourth-order valence-electron chi connectivity index (χ4n) is 3.80. The molecule has 1 aliphatic carbocycles. The van der Waals surface area contributed by atoms with Crippen LogP contribution in [-0.2, 0) is 4.79 Å². The number of hydrogen-bond acceptors (Lipinski definition) is 7. The normalized spacial score (nSPS) is 20.7. The smallest absolute Gasteiger partial charge is 0.275 e. The summed E-state index contributed by atoms with van der Waals surface area (Å²) in [6.07, 6.45) is 8.66. The molecule has 30 heavy (non-hydrogen) atoms. The van der Waals surface area contributed by atoms with Gasteiger partial charge < -0.3 is 5.32 Å². The molecule has 10 heteroatoms. The maximum atomic E-state index is 12.3. The van der Waals surface area contributed by atoms with Crippen LogP contribution in [0, 0.1) is 18.8 Å². The molecule has 0 unspecified atom stereocenters. The first-order valence-corrected chi connectivity index (χ1v) is 9.78. The van der Waals surface area contributed by atoms with Gasteiger partial charge in [0.15, 0.2) is 5.82 Å². The lowest BCUT2D eigenvalue weighted by Gasteiger charge is -2.20. The minimum Gasteiger partial charge on any atom is -0.318 e. The monoisotopic (exact) mass is 404 g/mol. The number of rotatable bonds is 5. The van der Waals surface area contributed by atoms with Gasteiger partial charge in [0.1, 0.15) is 5.69 Å². The van der Waals surface area contributed by atoms with E-state index >= 15 is 0 Å². The van der Waals surface area contributed by atoms with Crippen molar-refractivity contribution >= 4 is 23.3 Å². The Kier molecular flexibility index (Phi) is 4.27. The zero-order valence-electron chi connectivity index (χ0n) is 16.6. The van der Waals surface area contributed by atoms with Gasteiger partial charge in [-0.2, -0.15) is 10.2 Å². The maximum Gasteiger partial charge on any atom is 0.275 e. The largest absolute Gasteiger partial charge is 0.318 e. The third-order valence-electron chi connectivity index (χ3n) is 5.64. The second-order valence-electron chi connectivity index (χ2n) is 7.76. The number of piperidine rings is 1. The van der Waals surface area contributed by atoms with E-state index < -0.39 is 0 Å². The van der Waals surface area contributed by atoms with Gasteiger partial charge in [-0.25, -0.2) is 4.98 Å². The Balaban J connectivity index is 1.30. The number of carbonyl (C=O) groups is 2. The molecule has 0 aromatic carbocycles. The van der Waals surface area contributed by atoms with Crippen LogP contribution in [0.15, 0.2) is 37.1 Å². The Bertz CT molecular complexity index is 1130. The topological polar surface area (TPSA) is 119 Å². The van der Waals surface area contributed by atoms with Gasteiger partial charge in [-0.1, -0.05) is 0 Å². The fraction of sp³-hybridized carbons (Fsp3) is 0.350. The summed E-state index contributed by atoms with van der Waals surface area (Å²) in [4.78, 5) is 34.2. The number of nitrogens with one attached hydrogen (secondary N) is 1. The first kappa shape index (κ1) is 18.3. The minimum absolute atomic E-state index is 0.161. The van der Waals surface area contributed by atoms with Gasteiger partial charge in [0, 0.05) is 31.1 Å². The van der Waals surface area contributed by atoms with Crippen molar-refractivity contribution in [3.63, 3.8) is 0 Å². The van der Waals surface area contributed by atoms with Crippen LogP contribution < -0.4 is 10.2 Å². The van der Waals surface area contributed by atoms with Crippen LogP contribution in [0.4, 0.5) is 11.5 Å². The molecule has 3 aromatic heterocycles. The van der Waals surface area contributed by atoms with Gasteiger partial charge >= 0.3 is 0 Å². The van der Waals surface area contributed by atoms with Crippen LogP contribution in [0.2, 0.25) is 0 Å². The summed E-state index contributed by atoms with van der Waals surface area (Å²) >= 11 is 0. The van der Waals surface area contributed by atoms with E-state index in [1.165, 1.54) is 18.6 Å². The van der Waals surface area contributed by atoms with E-state index in [1.807, 2.05) is 19.9 Å². The van der Waals surface area contributed by atoms with Crippen LogP contribution in [-0.4, -0.2) is 48.3 Å². The molecule has 1 aliphatic heterocycles. The highest BCUT2D eigenvalue weighted by Gasteiger charge is 2.53. The van der Waals surface area contributed by atoms with Crippen molar-refractivity contribution in [3.8, 4) is 0 Å². The molecular formula is C20H20N8O2. The Labute approximate surface area is 172 Å². The fourth-order valence-corrected chi connectivity index (χ4v) is 3.80. The quantitative estimate of drug-likeness (QED) is 0.686. The summed E-state index contributed by atoms with van der Waals surface area (Å²) in [6, 6.07) is 1.74. The number of aromatic nitrogens is 6. The number of fused-ring (bicyclic) bond motifs is 1. The highest BCUT2D eigenvalue weighted by atomic mass is 16.2. The second-order valence-corrected chi connectivity index (χ2v) is 7.76. The zero-order valence-corrected chi connectivity index (χ0v) is 16.6. The second kappa shape index (κ2) is 6.97. The van der Waals surface area contributed by atoms with Gasteiger partial charge in [-0.3, -0.25) is 24.2 Å². The molecule has 5 rings (SSSR count). The van der Waals surface area contributed by atoms with Crippen molar-refractivity contribution in [3.05, 3.63) is 54.0 Å². The summed E-state index contributed by atoms with van der Waals surface area (Å²) in [6.45, 7) is 4.62. The third kappa shape index (κ3) is 3.19. The van der Waals surface area contributed by atoms with Crippen LogP contribution in [0.5, 0.6) is 0 Å². The average Bonchev–Trinajstić information content (AvgIpc) is 3.26. The summed E-state index contributed by atoms with van der Waals surface area (Å²) in [7, 11) is 0. The van der Waals surface area contributed by atoms with Crippen molar-refractivity contribution in [2.24, 2.45) is 11.8 Å². The molecule has 4 heterocycles. The predicted octanol–water partition coefficient (Wildman–Crippen LogP) is 1.62. The van der Waals surface area contributed by atoms with Gasteiger partial charge in [0.25, 0.3) is 5.91 Å². The molecule has 2 aliphatic rings. The van der Waals surface area contributed by atoms with Crippen molar-refractivity contribution in [2.75, 3.05) is 16.8 Å². The Morgan fingerprint density at radius 2 is 2.13 bits per heavy atom. The number of amides is 2. The number of carbonyl (C=O) groups excluding carboxylic acids is 2. The van der Waals surface area contributed by atoms with E-state index in [0.717, 1.165) is 24.2 Å². The first-order chi connectivity index (χ1) is 14.5.